The van der Waals surface area contributed by atoms with Crippen molar-refractivity contribution >= 4 is 11.6 Å². The summed E-state index contributed by atoms with van der Waals surface area (Å²) >= 11 is 6.42. The van der Waals surface area contributed by atoms with Crippen molar-refractivity contribution in [2.24, 2.45) is 7.05 Å². The topological polar surface area (TPSA) is 51.8 Å². The van der Waals surface area contributed by atoms with Gasteiger partial charge in [0.05, 0.1) is 12.2 Å². The Morgan fingerprint density at radius 1 is 1.17 bits per heavy atom. The molecular weight excluding hydrogens is 312 g/mol. The van der Waals surface area contributed by atoms with Crippen LogP contribution in [0.5, 0.6) is 0 Å². The number of aryl methyl sites for hydroxylation is 4. The molecule has 1 atom stereocenters. The first-order valence-corrected chi connectivity index (χ1v) is 8.63. The van der Waals surface area contributed by atoms with Gasteiger partial charge >= 0.3 is 0 Å². The fourth-order valence-corrected chi connectivity index (χ4v) is 3.70. The van der Waals surface area contributed by atoms with Gasteiger partial charge in [0.15, 0.2) is 0 Å². The molecule has 6 nitrogen and oxygen atoms in total. The Morgan fingerprint density at radius 3 is 2.57 bits per heavy atom. The number of hydrogen-bond donors (Lipinski definition) is 0. The van der Waals surface area contributed by atoms with Gasteiger partial charge in [-0.25, -0.2) is 9.67 Å². The first-order valence-electron chi connectivity index (χ1n) is 8.25. The predicted molar refractivity (Wildman–Crippen MR) is 90.5 cm³/mol. The van der Waals surface area contributed by atoms with Gasteiger partial charge in [0.1, 0.15) is 16.8 Å². The van der Waals surface area contributed by atoms with Crippen LogP contribution in [0.15, 0.2) is 0 Å². The van der Waals surface area contributed by atoms with Crippen molar-refractivity contribution < 1.29 is 0 Å². The third kappa shape index (κ3) is 3.43. The fraction of sp³-hybridized carbons (Fsp3) is 0.688. The standard InChI is InChI=1S/C16H25ClN6/c1-11-15(16(17)21(4)19-11)10-22-8-6-5-7-14(22)9-23-13(3)18-12(2)20-23/h14H,5-10H2,1-4H3/t14-/m0/s1. The molecule has 2 aromatic rings. The number of hydrogen-bond acceptors (Lipinski definition) is 4. The van der Waals surface area contributed by atoms with Gasteiger partial charge in [-0.1, -0.05) is 18.0 Å². The van der Waals surface area contributed by atoms with Gasteiger partial charge in [-0.15, -0.1) is 0 Å². The van der Waals surface area contributed by atoms with E-state index in [2.05, 4.69) is 20.1 Å². The molecule has 1 aliphatic heterocycles. The number of rotatable bonds is 4. The van der Waals surface area contributed by atoms with E-state index in [0.29, 0.717) is 6.04 Å². The Balaban J connectivity index is 1.77. The maximum Gasteiger partial charge on any atom is 0.147 e. The molecule has 0 aliphatic carbocycles. The minimum Gasteiger partial charge on any atom is -0.294 e. The van der Waals surface area contributed by atoms with Crippen molar-refractivity contribution in [2.75, 3.05) is 6.54 Å². The molecule has 0 unspecified atom stereocenters. The monoisotopic (exact) mass is 336 g/mol. The van der Waals surface area contributed by atoms with Crippen molar-refractivity contribution in [3.05, 3.63) is 28.1 Å². The van der Waals surface area contributed by atoms with Crippen LogP contribution in [0.3, 0.4) is 0 Å². The molecule has 7 heteroatoms. The van der Waals surface area contributed by atoms with Gasteiger partial charge in [0.2, 0.25) is 0 Å². The van der Waals surface area contributed by atoms with Crippen molar-refractivity contribution in [1.82, 2.24) is 29.4 Å². The van der Waals surface area contributed by atoms with Crippen molar-refractivity contribution in [3.8, 4) is 0 Å². The average Bonchev–Trinajstić information content (AvgIpc) is 2.94. The summed E-state index contributed by atoms with van der Waals surface area (Å²) in [5.41, 5.74) is 2.17. The maximum absolute atomic E-state index is 6.42. The van der Waals surface area contributed by atoms with Crippen LogP contribution in [0.25, 0.3) is 0 Å². The van der Waals surface area contributed by atoms with Gasteiger partial charge in [-0.05, 0) is 40.2 Å². The number of aromatic nitrogens is 5. The van der Waals surface area contributed by atoms with Gasteiger partial charge in [0, 0.05) is 25.2 Å². The highest BCUT2D eigenvalue weighted by Gasteiger charge is 2.26. The summed E-state index contributed by atoms with van der Waals surface area (Å²) in [5, 5.41) is 9.70. The summed E-state index contributed by atoms with van der Waals surface area (Å²) < 4.78 is 3.80. The van der Waals surface area contributed by atoms with Crippen LogP contribution in [0.4, 0.5) is 0 Å². The lowest BCUT2D eigenvalue weighted by Crippen LogP contribution is -2.42. The minimum atomic E-state index is 0.472. The first kappa shape index (κ1) is 16.5. The molecule has 126 valence electrons. The van der Waals surface area contributed by atoms with E-state index in [4.69, 9.17) is 11.6 Å². The van der Waals surface area contributed by atoms with Crippen molar-refractivity contribution in [3.63, 3.8) is 0 Å². The molecule has 0 aromatic carbocycles. The lowest BCUT2D eigenvalue weighted by molar-refractivity contribution is 0.121. The third-order valence-corrected chi connectivity index (χ3v) is 5.20. The highest BCUT2D eigenvalue weighted by Crippen LogP contribution is 2.26. The molecule has 1 fully saturated rings. The SMILES string of the molecule is Cc1nc(C)n(C[C@@H]2CCCCN2Cc2c(C)nn(C)c2Cl)n1. The molecule has 0 amide bonds. The first-order chi connectivity index (χ1) is 11.0. The summed E-state index contributed by atoms with van der Waals surface area (Å²) in [5.74, 6) is 1.83. The van der Waals surface area contributed by atoms with Crippen LogP contribution >= 0.6 is 11.6 Å². The Kier molecular flexibility index (Phi) is 4.73. The number of halogens is 1. The predicted octanol–water partition coefficient (Wildman–Crippen LogP) is 2.64. The van der Waals surface area contributed by atoms with Crippen LogP contribution in [0.2, 0.25) is 5.15 Å². The number of piperidine rings is 1. The Morgan fingerprint density at radius 2 is 1.96 bits per heavy atom. The lowest BCUT2D eigenvalue weighted by Gasteiger charge is -2.35. The fourth-order valence-electron chi connectivity index (χ4n) is 3.47. The van der Waals surface area contributed by atoms with E-state index in [-0.39, 0.29) is 0 Å². The maximum atomic E-state index is 6.42. The smallest absolute Gasteiger partial charge is 0.147 e. The third-order valence-electron chi connectivity index (χ3n) is 4.73. The normalized spacial score (nSPS) is 19.4. The molecule has 3 heterocycles. The lowest BCUT2D eigenvalue weighted by atomic mass is 10.0. The Bertz CT molecular complexity index is 689. The largest absolute Gasteiger partial charge is 0.294 e. The second-order valence-corrected chi connectivity index (χ2v) is 6.84. The average molecular weight is 337 g/mol. The van der Waals surface area contributed by atoms with E-state index < -0.39 is 0 Å². The summed E-state index contributed by atoms with van der Waals surface area (Å²) in [6, 6.07) is 0.472. The van der Waals surface area contributed by atoms with E-state index >= 15 is 0 Å². The van der Waals surface area contributed by atoms with Gasteiger partial charge < -0.3 is 0 Å². The van der Waals surface area contributed by atoms with Gasteiger partial charge in [-0.3, -0.25) is 9.58 Å². The molecule has 1 saturated heterocycles. The second kappa shape index (κ2) is 6.61. The van der Waals surface area contributed by atoms with E-state index in [1.165, 1.54) is 19.3 Å². The molecule has 0 bridgehead atoms. The molecule has 3 rings (SSSR count). The molecule has 0 radical (unpaired) electrons. The van der Waals surface area contributed by atoms with Crippen LogP contribution in [0.1, 0.15) is 42.2 Å². The number of nitrogens with zero attached hydrogens (tertiary/aromatic N) is 6. The second-order valence-electron chi connectivity index (χ2n) is 6.49. The summed E-state index contributed by atoms with van der Waals surface area (Å²) in [6.07, 6.45) is 3.70. The molecule has 0 N–H and O–H groups in total. The van der Waals surface area contributed by atoms with Crippen molar-refractivity contribution in [1.29, 1.82) is 0 Å². The Labute approximate surface area is 142 Å². The minimum absolute atomic E-state index is 0.472. The van der Waals surface area contributed by atoms with Crippen LogP contribution in [-0.2, 0) is 20.1 Å². The van der Waals surface area contributed by atoms with Gasteiger partial charge in [0.25, 0.3) is 0 Å². The molecular formula is C16H25ClN6. The molecule has 0 spiro atoms. The zero-order valence-corrected chi connectivity index (χ0v) is 15.1. The molecule has 2 aromatic heterocycles. The summed E-state index contributed by atoms with van der Waals surface area (Å²) in [4.78, 5) is 6.94. The van der Waals surface area contributed by atoms with Gasteiger partial charge in [-0.2, -0.15) is 10.2 Å². The molecule has 0 saturated carbocycles. The zero-order valence-electron chi connectivity index (χ0n) is 14.4. The summed E-state index contributed by atoms with van der Waals surface area (Å²) in [6.45, 7) is 8.85. The van der Waals surface area contributed by atoms with E-state index in [0.717, 1.165) is 47.7 Å². The quantitative estimate of drug-likeness (QED) is 0.861. The van der Waals surface area contributed by atoms with E-state index in [9.17, 15) is 0 Å². The zero-order chi connectivity index (χ0) is 16.6. The molecule has 1 aliphatic rings. The van der Waals surface area contributed by atoms with E-state index in [1.807, 2.05) is 32.5 Å². The van der Waals surface area contributed by atoms with Crippen LogP contribution < -0.4 is 0 Å². The van der Waals surface area contributed by atoms with Crippen LogP contribution in [0, 0.1) is 20.8 Å². The van der Waals surface area contributed by atoms with Crippen molar-refractivity contribution in [2.45, 2.75) is 59.2 Å². The molecule has 23 heavy (non-hydrogen) atoms. The van der Waals surface area contributed by atoms with Crippen LogP contribution in [-0.4, -0.2) is 42.0 Å². The Hall–Kier alpha value is -1.40. The highest BCUT2D eigenvalue weighted by atomic mass is 35.5. The number of likely N-dealkylation sites (tertiary alicyclic amines) is 1. The van der Waals surface area contributed by atoms with E-state index in [1.54, 1.807) is 4.68 Å². The highest BCUT2D eigenvalue weighted by molar-refractivity contribution is 6.30. The summed E-state index contributed by atoms with van der Waals surface area (Å²) in [7, 11) is 1.90.